The van der Waals surface area contributed by atoms with E-state index in [9.17, 15) is 9.59 Å². The number of thioether (sulfide) groups is 1. The maximum atomic E-state index is 12.5. The van der Waals surface area contributed by atoms with Gasteiger partial charge in [0, 0.05) is 34.2 Å². The Bertz CT molecular complexity index is 789. The summed E-state index contributed by atoms with van der Waals surface area (Å²) in [5, 5.41) is 10.8. The van der Waals surface area contributed by atoms with Gasteiger partial charge in [-0.15, -0.1) is 0 Å². The van der Waals surface area contributed by atoms with Crippen LogP contribution in [0.2, 0.25) is 5.02 Å². The van der Waals surface area contributed by atoms with E-state index in [1.54, 1.807) is 40.7 Å². The first-order chi connectivity index (χ1) is 12.1. The minimum atomic E-state index is -0.244. The van der Waals surface area contributed by atoms with Crippen molar-refractivity contribution in [3.63, 3.8) is 0 Å². The smallest absolute Gasteiger partial charge is 0.256 e. The fourth-order valence-electron chi connectivity index (χ4n) is 2.56. The van der Waals surface area contributed by atoms with Crippen molar-refractivity contribution >= 4 is 41.0 Å². The first kappa shape index (κ1) is 17.8. The summed E-state index contributed by atoms with van der Waals surface area (Å²) < 4.78 is 1.59. The Morgan fingerprint density at radius 3 is 2.76 bits per heavy atom. The predicted molar refractivity (Wildman–Crippen MR) is 99.9 cm³/mol. The molecule has 8 heteroatoms. The summed E-state index contributed by atoms with van der Waals surface area (Å²) in [5.74, 6) is 1.82. The summed E-state index contributed by atoms with van der Waals surface area (Å²) in [5.41, 5.74) is 2.43. The highest BCUT2D eigenvalue weighted by Crippen LogP contribution is 2.34. The van der Waals surface area contributed by atoms with Gasteiger partial charge in [-0.3, -0.25) is 9.59 Å². The fraction of sp³-hybridized carbons (Fsp3) is 0.353. The SMILES string of the molecule is CCCNC(=O)Cn1nc2c(c1NC(=O)c1ccc(Cl)cc1)CSC2. The predicted octanol–water partition coefficient (Wildman–Crippen LogP) is 3.06. The molecule has 0 radical (unpaired) electrons. The molecule has 0 fully saturated rings. The summed E-state index contributed by atoms with van der Waals surface area (Å²) in [4.78, 5) is 24.6. The molecule has 0 saturated heterocycles. The van der Waals surface area contributed by atoms with Crippen molar-refractivity contribution in [1.29, 1.82) is 0 Å². The lowest BCUT2D eigenvalue weighted by molar-refractivity contribution is -0.121. The molecule has 132 valence electrons. The van der Waals surface area contributed by atoms with Crippen LogP contribution in [0.25, 0.3) is 0 Å². The number of carbonyl (C=O) groups is 2. The Kier molecular flexibility index (Phi) is 5.65. The number of nitrogens with one attached hydrogen (secondary N) is 2. The van der Waals surface area contributed by atoms with Crippen LogP contribution in [0.1, 0.15) is 35.0 Å². The first-order valence-electron chi connectivity index (χ1n) is 8.08. The van der Waals surface area contributed by atoms with Crippen LogP contribution in [-0.4, -0.2) is 28.1 Å². The fourth-order valence-corrected chi connectivity index (χ4v) is 3.72. The topological polar surface area (TPSA) is 76.0 Å². The molecule has 2 amide bonds. The molecule has 2 aromatic rings. The van der Waals surface area contributed by atoms with E-state index in [4.69, 9.17) is 11.6 Å². The van der Waals surface area contributed by atoms with Gasteiger partial charge in [0.1, 0.15) is 12.4 Å². The van der Waals surface area contributed by atoms with Crippen LogP contribution in [0.15, 0.2) is 24.3 Å². The van der Waals surface area contributed by atoms with Crippen LogP contribution in [0.3, 0.4) is 0 Å². The van der Waals surface area contributed by atoms with Gasteiger partial charge in [0.15, 0.2) is 0 Å². The summed E-state index contributed by atoms with van der Waals surface area (Å²) in [6.07, 6.45) is 0.873. The highest BCUT2D eigenvalue weighted by atomic mass is 35.5. The van der Waals surface area contributed by atoms with E-state index in [1.165, 1.54) is 0 Å². The number of anilines is 1. The Labute approximate surface area is 155 Å². The van der Waals surface area contributed by atoms with E-state index >= 15 is 0 Å². The van der Waals surface area contributed by atoms with Crippen LogP contribution >= 0.6 is 23.4 Å². The monoisotopic (exact) mass is 378 g/mol. The Morgan fingerprint density at radius 2 is 2.04 bits per heavy atom. The van der Waals surface area contributed by atoms with E-state index < -0.39 is 0 Å². The Hall–Kier alpha value is -1.99. The molecular formula is C17H19ClN4O2S. The van der Waals surface area contributed by atoms with Gasteiger partial charge >= 0.3 is 0 Å². The average Bonchev–Trinajstić information content (AvgIpc) is 3.16. The molecule has 0 bridgehead atoms. The van der Waals surface area contributed by atoms with Gasteiger partial charge in [0.2, 0.25) is 5.91 Å². The summed E-state index contributed by atoms with van der Waals surface area (Å²) >= 11 is 7.61. The molecule has 25 heavy (non-hydrogen) atoms. The van der Waals surface area contributed by atoms with Gasteiger partial charge in [-0.05, 0) is 30.7 Å². The van der Waals surface area contributed by atoms with E-state index in [1.807, 2.05) is 6.92 Å². The van der Waals surface area contributed by atoms with Gasteiger partial charge in [-0.2, -0.15) is 16.9 Å². The lowest BCUT2D eigenvalue weighted by atomic mass is 10.2. The van der Waals surface area contributed by atoms with Gasteiger partial charge < -0.3 is 10.6 Å². The van der Waals surface area contributed by atoms with E-state index in [0.717, 1.165) is 29.2 Å². The minimum absolute atomic E-state index is 0.0912. The van der Waals surface area contributed by atoms with Crippen molar-refractivity contribution in [2.75, 3.05) is 11.9 Å². The largest absolute Gasteiger partial charge is 0.355 e. The number of rotatable bonds is 6. The third-order valence-corrected chi connectivity index (χ3v) is 5.05. The number of benzene rings is 1. The van der Waals surface area contributed by atoms with Gasteiger partial charge in [-0.1, -0.05) is 18.5 Å². The molecular weight excluding hydrogens is 360 g/mol. The lowest BCUT2D eigenvalue weighted by Gasteiger charge is -2.11. The molecule has 1 aromatic carbocycles. The number of carbonyl (C=O) groups excluding carboxylic acids is 2. The van der Waals surface area contributed by atoms with E-state index in [-0.39, 0.29) is 18.4 Å². The molecule has 1 aliphatic heterocycles. The quantitative estimate of drug-likeness (QED) is 0.810. The van der Waals surface area contributed by atoms with Crippen LogP contribution in [0, 0.1) is 0 Å². The molecule has 0 unspecified atom stereocenters. The lowest BCUT2D eigenvalue weighted by Crippen LogP contribution is -2.29. The minimum Gasteiger partial charge on any atom is -0.355 e. The summed E-state index contributed by atoms with van der Waals surface area (Å²) in [6, 6.07) is 6.68. The van der Waals surface area contributed by atoms with Crippen molar-refractivity contribution in [3.8, 4) is 0 Å². The number of halogens is 1. The zero-order chi connectivity index (χ0) is 17.8. The molecule has 2 heterocycles. The second-order valence-electron chi connectivity index (χ2n) is 5.74. The first-order valence-corrected chi connectivity index (χ1v) is 9.61. The zero-order valence-corrected chi connectivity index (χ0v) is 15.4. The molecule has 0 aliphatic carbocycles. The summed E-state index contributed by atoms with van der Waals surface area (Å²) in [6.45, 7) is 2.72. The average molecular weight is 379 g/mol. The number of amides is 2. The maximum absolute atomic E-state index is 12.5. The number of hydrogen-bond donors (Lipinski definition) is 2. The molecule has 6 nitrogen and oxygen atoms in total. The molecule has 3 rings (SSSR count). The molecule has 2 N–H and O–H groups in total. The van der Waals surface area contributed by atoms with Crippen molar-refractivity contribution < 1.29 is 9.59 Å². The molecule has 0 atom stereocenters. The third-order valence-electron chi connectivity index (χ3n) is 3.82. The molecule has 0 saturated carbocycles. The number of nitrogens with zero attached hydrogens (tertiary/aromatic N) is 2. The van der Waals surface area contributed by atoms with Crippen LogP contribution in [-0.2, 0) is 22.8 Å². The van der Waals surface area contributed by atoms with Crippen LogP contribution in [0.4, 0.5) is 5.82 Å². The molecule has 0 spiro atoms. The molecule has 1 aliphatic rings. The Balaban J connectivity index is 1.80. The van der Waals surface area contributed by atoms with Crippen molar-refractivity contribution in [1.82, 2.24) is 15.1 Å². The third kappa shape index (κ3) is 4.16. The van der Waals surface area contributed by atoms with Crippen LogP contribution in [0.5, 0.6) is 0 Å². The van der Waals surface area contributed by atoms with Crippen LogP contribution < -0.4 is 10.6 Å². The highest BCUT2D eigenvalue weighted by Gasteiger charge is 2.25. The normalized spacial score (nSPS) is 12.7. The van der Waals surface area contributed by atoms with Gasteiger partial charge in [0.05, 0.1) is 5.69 Å². The number of fused-ring (bicyclic) bond motifs is 1. The van der Waals surface area contributed by atoms with Crippen molar-refractivity contribution in [3.05, 3.63) is 46.1 Å². The maximum Gasteiger partial charge on any atom is 0.256 e. The second-order valence-corrected chi connectivity index (χ2v) is 7.16. The standard InChI is InChI=1S/C17H19ClN4O2S/c1-2-7-19-15(23)8-22-16(13-9-25-10-14(13)21-22)20-17(24)11-3-5-12(18)6-4-11/h3-6H,2,7-10H2,1H3,(H,19,23)(H,20,24). The van der Waals surface area contributed by atoms with E-state index in [2.05, 4.69) is 15.7 Å². The van der Waals surface area contributed by atoms with Crippen molar-refractivity contribution in [2.45, 2.75) is 31.4 Å². The highest BCUT2D eigenvalue weighted by molar-refractivity contribution is 7.98. The van der Waals surface area contributed by atoms with Crippen molar-refractivity contribution in [2.24, 2.45) is 0 Å². The molecule has 1 aromatic heterocycles. The number of aromatic nitrogens is 2. The van der Waals surface area contributed by atoms with Gasteiger partial charge in [-0.25, -0.2) is 4.68 Å². The summed E-state index contributed by atoms with van der Waals surface area (Å²) in [7, 11) is 0. The Morgan fingerprint density at radius 1 is 1.28 bits per heavy atom. The zero-order valence-electron chi connectivity index (χ0n) is 13.8. The van der Waals surface area contributed by atoms with Gasteiger partial charge in [0.25, 0.3) is 5.91 Å². The second kappa shape index (κ2) is 7.93. The van der Waals surface area contributed by atoms with E-state index in [0.29, 0.717) is 22.9 Å². The number of hydrogen-bond acceptors (Lipinski definition) is 4.